The smallest absolute Gasteiger partial charge is 0.0521 e. The molecule has 3 N–H and O–H groups in total. The topological polar surface area (TPSA) is 46.2 Å². The highest BCUT2D eigenvalue weighted by Crippen LogP contribution is 2.08. The highest BCUT2D eigenvalue weighted by Gasteiger charge is 2.08. The standard InChI is InChI=1S/C6H15NOS/c1-6(2,7)5-9-4-3-8/h8H,3-5,7H2,1-2H3. The number of aliphatic hydroxyl groups excluding tert-OH is 1. The van der Waals surface area contributed by atoms with E-state index in [0.717, 1.165) is 11.5 Å². The number of rotatable bonds is 4. The molecule has 0 saturated heterocycles. The van der Waals surface area contributed by atoms with E-state index in [0.29, 0.717) is 0 Å². The third-order valence-corrected chi connectivity index (χ3v) is 2.13. The van der Waals surface area contributed by atoms with E-state index < -0.39 is 0 Å². The van der Waals surface area contributed by atoms with E-state index in [-0.39, 0.29) is 12.1 Å². The molecule has 0 aliphatic heterocycles. The summed E-state index contributed by atoms with van der Waals surface area (Å²) in [5.41, 5.74) is 5.58. The molecular weight excluding hydrogens is 134 g/mol. The van der Waals surface area contributed by atoms with E-state index in [9.17, 15) is 0 Å². The minimum Gasteiger partial charge on any atom is -0.396 e. The van der Waals surface area contributed by atoms with Crippen molar-refractivity contribution in [2.45, 2.75) is 19.4 Å². The van der Waals surface area contributed by atoms with Crippen LogP contribution < -0.4 is 5.73 Å². The highest BCUT2D eigenvalue weighted by atomic mass is 32.2. The average molecular weight is 149 g/mol. The quantitative estimate of drug-likeness (QED) is 0.570. The van der Waals surface area contributed by atoms with Crippen molar-refractivity contribution in [1.82, 2.24) is 0 Å². The van der Waals surface area contributed by atoms with Crippen LogP contribution in [0.1, 0.15) is 13.8 Å². The zero-order valence-electron chi connectivity index (χ0n) is 6.05. The molecule has 0 bridgehead atoms. The summed E-state index contributed by atoms with van der Waals surface area (Å²) >= 11 is 1.69. The van der Waals surface area contributed by atoms with Crippen LogP contribution in [0.2, 0.25) is 0 Å². The summed E-state index contributed by atoms with van der Waals surface area (Å²) in [6.07, 6.45) is 0. The summed E-state index contributed by atoms with van der Waals surface area (Å²) in [6.45, 7) is 4.22. The van der Waals surface area contributed by atoms with Gasteiger partial charge in [-0.15, -0.1) is 0 Å². The van der Waals surface area contributed by atoms with Gasteiger partial charge in [-0.05, 0) is 13.8 Å². The van der Waals surface area contributed by atoms with Gasteiger partial charge >= 0.3 is 0 Å². The maximum Gasteiger partial charge on any atom is 0.0521 e. The fourth-order valence-corrected chi connectivity index (χ4v) is 1.20. The van der Waals surface area contributed by atoms with Gasteiger partial charge in [0.15, 0.2) is 0 Å². The Kier molecular flexibility index (Phi) is 4.27. The Morgan fingerprint density at radius 3 is 2.44 bits per heavy atom. The van der Waals surface area contributed by atoms with Crippen molar-refractivity contribution in [1.29, 1.82) is 0 Å². The van der Waals surface area contributed by atoms with Crippen LogP contribution in [-0.4, -0.2) is 28.8 Å². The van der Waals surface area contributed by atoms with Gasteiger partial charge in [0, 0.05) is 17.0 Å². The Morgan fingerprint density at radius 1 is 1.56 bits per heavy atom. The molecule has 0 aromatic heterocycles. The largest absolute Gasteiger partial charge is 0.396 e. The molecule has 56 valence electrons. The van der Waals surface area contributed by atoms with Crippen LogP contribution in [0, 0.1) is 0 Å². The first-order chi connectivity index (χ1) is 4.06. The summed E-state index contributed by atoms with van der Waals surface area (Å²) in [5, 5.41) is 8.40. The first-order valence-corrected chi connectivity index (χ1v) is 4.19. The second-order valence-electron chi connectivity index (χ2n) is 2.76. The lowest BCUT2D eigenvalue weighted by molar-refractivity contribution is 0.322. The lowest BCUT2D eigenvalue weighted by Crippen LogP contribution is -2.34. The van der Waals surface area contributed by atoms with Crippen LogP contribution in [0.4, 0.5) is 0 Å². The highest BCUT2D eigenvalue weighted by molar-refractivity contribution is 7.99. The van der Waals surface area contributed by atoms with Gasteiger partial charge in [-0.2, -0.15) is 11.8 Å². The van der Waals surface area contributed by atoms with Crippen molar-refractivity contribution in [2.75, 3.05) is 18.1 Å². The first kappa shape index (κ1) is 9.27. The van der Waals surface area contributed by atoms with Crippen molar-refractivity contribution in [3.8, 4) is 0 Å². The molecule has 0 aromatic carbocycles. The Balaban J connectivity index is 3.07. The Labute approximate surface area is 60.8 Å². The Morgan fingerprint density at radius 2 is 2.11 bits per heavy atom. The van der Waals surface area contributed by atoms with Crippen molar-refractivity contribution in [3.05, 3.63) is 0 Å². The zero-order chi connectivity index (χ0) is 7.33. The zero-order valence-corrected chi connectivity index (χ0v) is 6.87. The molecule has 9 heavy (non-hydrogen) atoms. The number of aliphatic hydroxyl groups is 1. The van der Waals surface area contributed by atoms with Crippen molar-refractivity contribution < 1.29 is 5.11 Å². The third-order valence-electron chi connectivity index (χ3n) is 0.710. The minimum absolute atomic E-state index is 0.0974. The van der Waals surface area contributed by atoms with Gasteiger partial charge < -0.3 is 10.8 Å². The van der Waals surface area contributed by atoms with Crippen LogP contribution in [-0.2, 0) is 0 Å². The SMILES string of the molecule is CC(C)(N)CSCCO. The van der Waals surface area contributed by atoms with E-state index in [1.54, 1.807) is 11.8 Å². The van der Waals surface area contributed by atoms with Gasteiger partial charge in [-0.1, -0.05) is 0 Å². The fourth-order valence-electron chi connectivity index (χ4n) is 0.400. The number of nitrogens with two attached hydrogens (primary N) is 1. The maximum absolute atomic E-state index is 8.40. The lowest BCUT2D eigenvalue weighted by atomic mass is 10.1. The van der Waals surface area contributed by atoms with Crippen molar-refractivity contribution in [2.24, 2.45) is 5.73 Å². The molecule has 0 aromatic rings. The van der Waals surface area contributed by atoms with E-state index in [4.69, 9.17) is 10.8 Å². The molecule has 3 heteroatoms. The van der Waals surface area contributed by atoms with Crippen LogP contribution in [0.5, 0.6) is 0 Å². The first-order valence-electron chi connectivity index (χ1n) is 3.04. The number of hydrogen-bond donors (Lipinski definition) is 2. The molecule has 0 rings (SSSR count). The molecule has 0 unspecified atom stereocenters. The van der Waals surface area contributed by atoms with Gasteiger partial charge in [-0.25, -0.2) is 0 Å². The molecule has 0 fully saturated rings. The number of thioether (sulfide) groups is 1. The fraction of sp³-hybridized carbons (Fsp3) is 1.00. The van der Waals surface area contributed by atoms with Crippen LogP contribution >= 0.6 is 11.8 Å². The molecule has 0 spiro atoms. The molecule has 0 saturated carbocycles. The second kappa shape index (κ2) is 4.14. The van der Waals surface area contributed by atoms with Crippen LogP contribution in [0.25, 0.3) is 0 Å². The van der Waals surface area contributed by atoms with E-state index in [1.165, 1.54) is 0 Å². The van der Waals surface area contributed by atoms with Gasteiger partial charge in [0.05, 0.1) is 6.61 Å². The Bertz CT molecular complexity index is 69.9. The molecule has 0 amide bonds. The predicted molar refractivity (Wildman–Crippen MR) is 42.7 cm³/mol. The van der Waals surface area contributed by atoms with E-state index in [1.807, 2.05) is 13.8 Å². The maximum atomic E-state index is 8.40. The van der Waals surface area contributed by atoms with E-state index >= 15 is 0 Å². The van der Waals surface area contributed by atoms with Gasteiger partial charge in [0.1, 0.15) is 0 Å². The van der Waals surface area contributed by atoms with Crippen molar-refractivity contribution in [3.63, 3.8) is 0 Å². The van der Waals surface area contributed by atoms with Gasteiger partial charge in [0.25, 0.3) is 0 Å². The minimum atomic E-state index is -0.0974. The second-order valence-corrected chi connectivity index (χ2v) is 3.87. The van der Waals surface area contributed by atoms with Gasteiger partial charge in [0.2, 0.25) is 0 Å². The summed E-state index contributed by atoms with van der Waals surface area (Å²) in [4.78, 5) is 0. The van der Waals surface area contributed by atoms with Crippen LogP contribution in [0.3, 0.4) is 0 Å². The van der Waals surface area contributed by atoms with Gasteiger partial charge in [-0.3, -0.25) is 0 Å². The normalized spacial score (nSPS) is 12.0. The average Bonchev–Trinajstić information content (AvgIpc) is 1.63. The molecule has 2 nitrogen and oxygen atoms in total. The molecule has 0 aliphatic carbocycles. The molecule has 0 atom stereocenters. The van der Waals surface area contributed by atoms with Crippen molar-refractivity contribution >= 4 is 11.8 Å². The monoisotopic (exact) mass is 149 g/mol. The Hall–Kier alpha value is 0.270. The predicted octanol–water partition coefficient (Wildman–Crippen LogP) is 0.449. The summed E-state index contributed by atoms with van der Waals surface area (Å²) in [5.74, 6) is 1.70. The molecular formula is C6H15NOS. The molecule has 0 heterocycles. The summed E-state index contributed by atoms with van der Waals surface area (Å²) < 4.78 is 0. The van der Waals surface area contributed by atoms with E-state index in [2.05, 4.69) is 0 Å². The number of hydrogen-bond acceptors (Lipinski definition) is 3. The van der Waals surface area contributed by atoms with Crippen LogP contribution in [0.15, 0.2) is 0 Å². The molecule has 0 aliphatic rings. The summed E-state index contributed by atoms with van der Waals surface area (Å²) in [7, 11) is 0. The summed E-state index contributed by atoms with van der Waals surface area (Å²) in [6, 6.07) is 0. The third kappa shape index (κ3) is 8.27. The lowest BCUT2D eigenvalue weighted by Gasteiger charge is -2.16. The molecule has 0 radical (unpaired) electrons.